The Morgan fingerprint density at radius 1 is 1.17 bits per heavy atom. The van der Waals surface area contributed by atoms with E-state index in [1.54, 1.807) is 0 Å². The molecule has 1 N–H and O–H groups in total. The molecule has 1 aromatic rings. The van der Waals surface area contributed by atoms with Crippen molar-refractivity contribution in [3.8, 4) is 0 Å². The van der Waals surface area contributed by atoms with Crippen LogP contribution in [-0.2, 0) is 0 Å². The van der Waals surface area contributed by atoms with Crippen molar-refractivity contribution in [2.75, 3.05) is 6.54 Å². The van der Waals surface area contributed by atoms with Gasteiger partial charge in [0.05, 0.1) is 0 Å². The van der Waals surface area contributed by atoms with Gasteiger partial charge in [0.25, 0.3) is 0 Å². The summed E-state index contributed by atoms with van der Waals surface area (Å²) >= 11 is 0. The van der Waals surface area contributed by atoms with E-state index in [4.69, 9.17) is 0 Å². The smallest absolute Gasteiger partial charge is 0.00789 e. The maximum absolute atomic E-state index is 3.78. The summed E-state index contributed by atoms with van der Waals surface area (Å²) in [4.78, 5) is 0. The fraction of sp³-hybridized carbons (Fsp3) is 0.647. The molecule has 0 heterocycles. The largest absolute Gasteiger partial charge is 0.313 e. The van der Waals surface area contributed by atoms with Crippen molar-refractivity contribution in [3.05, 3.63) is 35.4 Å². The molecule has 1 heteroatoms. The number of nitrogens with one attached hydrogen (secondary N) is 1. The van der Waals surface area contributed by atoms with E-state index in [1.807, 2.05) is 0 Å². The molecule has 0 saturated heterocycles. The van der Waals surface area contributed by atoms with E-state index in [-0.39, 0.29) is 0 Å². The fourth-order valence-corrected chi connectivity index (χ4v) is 3.09. The van der Waals surface area contributed by atoms with Gasteiger partial charge in [-0.25, -0.2) is 0 Å². The molecule has 0 unspecified atom stereocenters. The Bertz CT molecular complexity index is 396. The normalized spacial score (nSPS) is 28.8. The third-order valence-corrected chi connectivity index (χ3v) is 5.16. The van der Waals surface area contributed by atoms with Crippen LogP contribution in [0, 0.1) is 12.3 Å². The van der Waals surface area contributed by atoms with Crippen LogP contribution in [0.3, 0.4) is 0 Å². The van der Waals surface area contributed by atoms with Crippen LogP contribution < -0.4 is 5.32 Å². The molecule has 1 aromatic carbocycles. The molecule has 2 saturated carbocycles. The predicted molar refractivity (Wildman–Crippen MR) is 76.9 cm³/mol. The van der Waals surface area contributed by atoms with Crippen molar-refractivity contribution >= 4 is 0 Å². The van der Waals surface area contributed by atoms with E-state index in [0.717, 1.165) is 12.0 Å². The summed E-state index contributed by atoms with van der Waals surface area (Å²) < 4.78 is 0. The Hall–Kier alpha value is -0.820. The zero-order chi connectivity index (χ0) is 12.6. The first-order valence-corrected chi connectivity index (χ1v) is 7.51. The first kappa shape index (κ1) is 12.2. The zero-order valence-electron chi connectivity index (χ0n) is 11.7. The van der Waals surface area contributed by atoms with Crippen molar-refractivity contribution in [1.82, 2.24) is 5.32 Å². The van der Waals surface area contributed by atoms with Crippen molar-refractivity contribution in [2.24, 2.45) is 5.41 Å². The lowest BCUT2D eigenvalue weighted by atomic mass is 9.75. The highest BCUT2D eigenvalue weighted by Crippen LogP contribution is 2.48. The van der Waals surface area contributed by atoms with Gasteiger partial charge < -0.3 is 5.32 Å². The molecule has 0 atom stereocenters. The number of hydrogen-bond acceptors (Lipinski definition) is 1. The lowest BCUT2D eigenvalue weighted by Crippen LogP contribution is -2.42. The molecular formula is C17H25N. The third-order valence-electron chi connectivity index (χ3n) is 5.16. The number of benzene rings is 1. The first-order valence-electron chi connectivity index (χ1n) is 7.51. The van der Waals surface area contributed by atoms with E-state index in [2.05, 4.69) is 43.4 Å². The van der Waals surface area contributed by atoms with E-state index < -0.39 is 0 Å². The number of hydrogen-bond donors (Lipinski definition) is 1. The molecule has 18 heavy (non-hydrogen) atoms. The second-order valence-electron chi connectivity index (χ2n) is 6.51. The summed E-state index contributed by atoms with van der Waals surface area (Å²) in [5.41, 5.74) is 3.59. The van der Waals surface area contributed by atoms with Crippen molar-refractivity contribution in [2.45, 2.75) is 57.9 Å². The molecule has 0 radical (unpaired) electrons. The summed E-state index contributed by atoms with van der Waals surface area (Å²) in [7, 11) is 0. The van der Waals surface area contributed by atoms with Crippen LogP contribution in [0.2, 0.25) is 0 Å². The molecule has 0 bridgehead atoms. The second-order valence-corrected chi connectivity index (χ2v) is 6.51. The highest BCUT2D eigenvalue weighted by atomic mass is 15.0. The molecule has 2 fully saturated rings. The van der Waals surface area contributed by atoms with Crippen LogP contribution in [0.1, 0.15) is 56.1 Å². The van der Waals surface area contributed by atoms with Crippen molar-refractivity contribution in [3.63, 3.8) is 0 Å². The van der Waals surface area contributed by atoms with Gasteiger partial charge in [0.15, 0.2) is 0 Å². The number of aryl methyl sites for hydroxylation is 1. The van der Waals surface area contributed by atoms with E-state index in [9.17, 15) is 0 Å². The van der Waals surface area contributed by atoms with Crippen LogP contribution in [0.5, 0.6) is 0 Å². The summed E-state index contributed by atoms with van der Waals surface area (Å²) in [6.45, 7) is 5.76. The molecule has 0 spiro atoms. The van der Waals surface area contributed by atoms with Crippen LogP contribution in [0.25, 0.3) is 0 Å². The molecule has 2 aliphatic rings. The van der Waals surface area contributed by atoms with Gasteiger partial charge in [0, 0.05) is 12.6 Å². The first-order chi connectivity index (χ1) is 8.71. The van der Waals surface area contributed by atoms with Crippen LogP contribution >= 0.6 is 0 Å². The second kappa shape index (κ2) is 4.70. The summed E-state index contributed by atoms with van der Waals surface area (Å²) in [6.07, 6.45) is 6.93. The van der Waals surface area contributed by atoms with Crippen LogP contribution in [0.4, 0.5) is 0 Å². The van der Waals surface area contributed by atoms with Gasteiger partial charge in [-0.05, 0) is 55.9 Å². The monoisotopic (exact) mass is 243 g/mol. The van der Waals surface area contributed by atoms with Gasteiger partial charge in [-0.3, -0.25) is 0 Å². The Morgan fingerprint density at radius 2 is 1.83 bits per heavy atom. The highest BCUT2D eigenvalue weighted by Gasteiger charge is 2.41. The SMILES string of the molecule is CCC1(CNC2CC(c3ccc(C)cc3)C2)CC1. The molecule has 0 amide bonds. The number of rotatable bonds is 5. The van der Waals surface area contributed by atoms with Gasteiger partial charge >= 0.3 is 0 Å². The van der Waals surface area contributed by atoms with Crippen molar-refractivity contribution < 1.29 is 0 Å². The quantitative estimate of drug-likeness (QED) is 0.823. The molecule has 2 aliphatic carbocycles. The van der Waals surface area contributed by atoms with E-state index >= 15 is 0 Å². The topological polar surface area (TPSA) is 12.0 Å². The molecule has 1 nitrogen and oxygen atoms in total. The Morgan fingerprint density at radius 3 is 2.39 bits per heavy atom. The summed E-state index contributed by atoms with van der Waals surface area (Å²) in [5, 5.41) is 3.78. The van der Waals surface area contributed by atoms with Gasteiger partial charge in [0.2, 0.25) is 0 Å². The van der Waals surface area contributed by atoms with Crippen LogP contribution in [0.15, 0.2) is 24.3 Å². The van der Waals surface area contributed by atoms with Gasteiger partial charge in [-0.15, -0.1) is 0 Å². The van der Waals surface area contributed by atoms with Gasteiger partial charge in [-0.2, -0.15) is 0 Å². The predicted octanol–water partition coefficient (Wildman–Crippen LogP) is 4.02. The fourth-order valence-electron chi connectivity index (χ4n) is 3.09. The molecule has 3 rings (SSSR count). The Kier molecular flexibility index (Phi) is 3.19. The minimum Gasteiger partial charge on any atom is -0.313 e. The average molecular weight is 243 g/mol. The van der Waals surface area contributed by atoms with Crippen LogP contribution in [-0.4, -0.2) is 12.6 Å². The molecule has 0 aromatic heterocycles. The van der Waals surface area contributed by atoms with E-state index in [0.29, 0.717) is 5.41 Å². The van der Waals surface area contributed by atoms with Gasteiger partial charge in [-0.1, -0.05) is 36.8 Å². The van der Waals surface area contributed by atoms with Crippen molar-refractivity contribution in [1.29, 1.82) is 0 Å². The third kappa shape index (κ3) is 2.47. The van der Waals surface area contributed by atoms with E-state index in [1.165, 1.54) is 49.8 Å². The highest BCUT2D eigenvalue weighted by molar-refractivity contribution is 5.26. The Balaban J connectivity index is 1.44. The molecule has 0 aliphatic heterocycles. The zero-order valence-corrected chi connectivity index (χ0v) is 11.7. The molecular weight excluding hydrogens is 218 g/mol. The Labute approximate surface area is 111 Å². The summed E-state index contributed by atoms with van der Waals surface area (Å²) in [5.74, 6) is 0.805. The maximum atomic E-state index is 3.78. The van der Waals surface area contributed by atoms with Gasteiger partial charge in [0.1, 0.15) is 0 Å². The lowest BCUT2D eigenvalue weighted by molar-refractivity contribution is 0.268. The maximum Gasteiger partial charge on any atom is 0.00789 e. The minimum atomic E-state index is 0.689. The standard InChI is InChI=1S/C17H25N/c1-3-17(8-9-17)12-18-16-10-15(11-16)14-6-4-13(2)5-7-14/h4-7,15-16,18H,3,8-12H2,1-2H3. The summed E-state index contributed by atoms with van der Waals surface area (Å²) in [6, 6.07) is 9.88. The molecule has 98 valence electrons. The lowest BCUT2D eigenvalue weighted by Gasteiger charge is -2.37. The minimum absolute atomic E-state index is 0.689. The average Bonchev–Trinajstić information content (AvgIpc) is 3.10.